The lowest BCUT2D eigenvalue weighted by Gasteiger charge is -2.23. The van der Waals surface area contributed by atoms with Crippen molar-refractivity contribution in [2.75, 3.05) is 32.7 Å². The molecule has 0 aliphatic carbocycles. The highest BCUT2D eigenvalue weighted by atomic mass is 16.5. The largest absolute Gasteiger partial charge is 0.452 e. The van der Waals surface area contributed by atoms with Gasteiger partial charge in [-0.25, -0.2) is 0 Å². The monoisotopic (exact) mass is 601 g/mol. The van der Waals surface area contributed by atoms with Gasteiger partial charge in [0.05, 0.1) is 31.8 Å². The Bertz CT molecular complexity index is 1250. The predicted octanol–water partition coefficient (Wildman–Crippen LogP) is 2.93. The number of aryl methyl sites for hydroxylation is 1. The van der Waals surface area contributed by atoms with Crippen LogP contribution in [0.5, 0.6) is 0 Å². The zero-order valence-corrected chi connectivity index (χ0v) is 26.1. The smallest absolute Gasteiger partial charge is 0.290 e. The van der Waals surface area contributed by atoms with Crippen molar-refractivity contribution in [2.45, 2.75) is 57.5 Å². The van der Waals surface area contributed by atoms with Crippen molar-refractivity contribution in [3.63, 3.8) is 0 Å². The van der Waals surface area contributed by atoms with Crippen molar-refractivity contribution in [1.82, 2.24) is 26.6 Å². The fraction of sp³-hybridized carbons (Fsp3) is 0.412. The lowest BCUT2D eigenvalue weighted by molar-refractivity contribution is -0.121. The number of carbonyl (C=O) groups excluding carboxylic acids is 2. The third-order valence-electron chi connectivity index (χ3n) is 7.57. The number of carbonyl (C=O) groups is 2. The lowest BCUT2D eigenvalue weighted by Crippen LogP contribution is -2.48. The minimum Gasteiger partial charge on any atom is -0.452 e. The Kier molecular flexibility index (Phi) is 14.6. The first-order valence-electron chi connectivity index (χ1n) is 15.6. The highest BCUT2D eigenvalue weighted by Crippen LogP contribution is 2.22. The van der Waals surface area contributed by atoms with Crippen molar-refractivity contribution in [3.05, 3.63) is 90.8 Å². The van der Waals surface area contributed by atoms with Crippen molar-refractivity contribution in [1.29, 1.82) is 0 Å². The number of hydrogen-bond donors (Lipinski definition) is 6. The average Bonchev–Trinajstić information content (AvgIpc) is 3.05. The van der Waals surface area contributed by atoms with E-state index in [-0.39, 0.29) is 45.0 Å². The third kappa shape index (κ3) is 11.6. The van der Waals surface area contributed by atoms with Crippen LogP contribution in [0.2, 0.25) is 0 Å². The Morgan fingerprint density at radius 1 is 1.07 bits per heavy atom. The van der Waals surface area contributed by atoms with Crippen LogP contribution in [0.4, 0.5) is 0 Å². The van der Waals surface area contributed by atoms with Crippen molar-refractivity contribution < 1.29 is 19.3 Å². The number of ether oxygens (including phenoxy) is 1. The Labute approximate surface area is 262 Å². The molecule has 2 aromatic carbocycles. The van der Waals surface area contributed by atoms with E-state index in [9.17, 15) is 9.59 Å². The summed E-state index contributed by atoms with van der Waals surface area (Å²) < 4.78 is 5.85. The van der Waals surface area contributed by atoms with Gasteiger partial charge in [-0.3, -0.25) is 9.59 Å². The van der Waals surface area contributed by atoms with Crippen LogP contribution in [0.15, 0.2) is 79.7 Å². The van der Waals surface area contributed by atoms with Crippen molar-refractivity contribution >= 4 is 25.0 Å². The molecule has 2 amide bonds. The van der Waals surface area contributed by atoms with Crippen LogP contribution < -0.4 is 26.6 Å². The fourth-order valence-electron chi connectivity index (χ4n) is 4.86. The minimum atomic E-state index is -0.518. The molecule has 1 heterocycles. The first-order valence-corrected chi connectivity index (χ1v) is 15.6. The fourth-order valence-corrected chi connectivity index (χ4v) is 4.86. The van der Waals surface area contributed by atoms with Crippen molar-refractivity contribution in [3.8, 4) is 11.1 Å². The second-order valence-electron chi connectivity index (χ2n) is 11.1. The van der Waals surface area contributed by atoms with Gasteiger partial charge in [-0.1, -0.05) is 81.6 Å². The maximum Gasteiger partial charge on any atom is 0.290 e. The van der Waals surface area contributed by atoms with Gasteiger partial charge >= 0.3 is 0 Å². The van der Waals surface area contributed by atoms with E-state index in [1.165, 1.54) is 18.4 Å². The SMILES string of the molecule is C=C(NCC(=O)NC1COCCCCC(C(=C)NCBO)NC(=O)CNC1=C)c1ccc(-c2ccc(CCCC)cc2)cc1. The summed E-state index contributed by atoms with van der Waals surface area (Å²) in [6, 6.07) is 16.0. The number of amides is 2. The summed E-state index contributed by atoms with van der Waals surface area (Å²) in [5.41, 5.74) is 6.32. The van der Waals surface area contributed by atoms with Crippen molar-refractivity contribution in [2.24, 2.45) is 0 Å². The van der Waals surface area contributed by atoms with E-state index in [2.05, 4.69) is 89.6 Å². The molecule has 0 radical (unpaired) electrons. The average molecular weight is 602 g/mol. The molecule has 236 valence electrons. The van der Waals surface area contributed by atoms with Crippen LogP contribution in [0.1, 0.15) is 50.2 Å². The van der Waals surface area contributed by atoms with Crippen LogP contribution in [-0.2, 0) is 20.7 Å². The second-order valence-corrected chi connectivity index (χ2v) is 11.1. The maximum absolute atomic E-state index is 12.9. The molecule has 2 aromatic rings. The molecule has 0 saturated carbocycles. The normalized spacial score (nSPS) is 17.9. The molecule has 0 spiro atoms. The lowest BCUT2D eigenvalue weighted by atomic mass is 10.0. The maximum atomic E-state index is 12.9. The van der Waals surface area contributed by atoms with Crippen LogP contribution in [0, 0.1) is 0 Å². The summed E-state index contributed by atoms with van der Waals surface area (Å²) in [5.74, 6) is -0.469. The molecule has 10 heteroatoms. The molecule has 1 aliphatic rings. The number of benzene rings is 2. The molecule has 2 atom stereocenters. The summed E-state index contributed by atoms with van der Waals surface area (Å²) in [6.07, 6.45) is 6.15. The van der Waals surface area contributed by atoms with E-state index >= 15 is 0 Å². The van der Waals surface area contributed by atoms with Gasteiger partial charge in [-0.2, -0.15) is 0 Å². The predicted molar refractivity (Wildman–Crippen MR) is 180 cm³/mol. The molecule has 0 aromatic heterocycles. The molecule has 2 unspecified atom stereocenters. The van der Waals surface area contributed by atoms with E-state index in [1.807, 2.05) is 12.1 Å². The Hall–Kier alpha value is -4.02. The number of hydrogen-bond acceptors (Lipinski definition) is 7. The van der Waals surface area contributed by atoms with Gasteiger partial charge in [0.2, 0.25) is 11.8 Å². The van der Waals surface area contributed by atoms with Gasteiger partial charge in [-0.05, 0) is 54.4 Å². The summed E-state index contributed by atoms with van der Waals surface area (Å²) >= 11 is 0. The third-order valence-corrected chi connectivity index (χ3v) is 7.57. The molecular formula is C34H48BN5O4. The molecule has 1 saturated heterocycles. The van der Waals surface area contributed by atoms with Crippen LogP contribution >= 0.6 is 0 Å². The number of unbranched alkanes of at least 4 members (excludes halogenated alkanes) is 1. The Morgan fingerprint density at radius 3 is 2.45 bits per heavy atom. The summed E-state index contributed by atoms with van der Waals surface area (Å²) in [6.45, 7) is 15.1. The van der Waals surface area contributed by atoms with E-state index in [0.717, 1.165) is 36.0 Å². The molecule has 1 fully saturated rings. The highest BCUT2D eigenvalue weighted by molar-refractivity contribution is 6.25. The van der Waals surface area contributed by atoms with E-state index < -0.39 is 6.04 Å². The van der Waals surface area contributed by atoms with Crippen LogP contribution in [-0.4, -0.2) is 69.2 Å². The standard InChI is InChI=1S/C34H48BN5O4/c1-5-6-9-27-11-13-29(14-12-27)30-17-15-28(16-18-30)24(2)36-20-34(42)40-32-22-44-19-8-7-10-31(25(3)38-23-35-43)39-33(41)21-37-26(32)4/h11-18,31-32,35-38,43H,2-10,19-23H2,1H3,(H,39,41)(H,40,42). The Morgan fingerprint density at radius 2 is 1.77 bits per heavy atom. The van der Waals surface area contributed by atoms with E-state index in [0.29, 0.717) is 36.6 Å². The molecule has 44 heavy (non-hydrogen) atoms. The van der Waals surface area contributed by atoms with Crippen LogP contribution in [0.3, 0.4) is 0 Å². The number of rotatable bonds is 13. The Balaban J connectivity index is 1.50. The van der Waals surface area contributed by atoms with Gasteiger partial charge in [0.25, 0.3) is 7.48 Å². The van der Waals surface area contributed by atoms with Gasteiger partial charge in [-0.15, -0.1) is 0 Å². The molecule has 3 rings (SSSR count). The first-order chi connectivity index (χ1) is 21.3. The minimum absolute atomic E-state index is 0.0109. The molecule has 0 bridgehead atoms. The van der Waals surface area contributed by atoms with Gasteiger partial charge in [0, 0.05) is 30.1 Å². The summed E-state index contributed by atoms with van der Waals surface area (Å²) in [5, 5.41) is 24.2. The van der Waals surface area contributed by atoms with Gasteiger partial charge < -0.3 is 36.3 Å². The van der Waals surface area contributed by atoms with E-state index in [4.69, 9.17) is 9.76 Å². The molecule has 9 nitrogen and oxygen atoms in total. The van der Waals surface area contributed by atoms with Gasteiger partial charge in [0.15, 0.2) is 0 Å². The quantitative estimate of drug-likeness (QED) is 0.195. The summed E-state index contributed by atoms with van der Waals surface area (Å²) in [7, 11) is -0.0204. The molecular weight excluding hydrogens is 553 g/mol. The second kappa shape index (κ2) is 18.6. The van der Waals surface area contributed by atoms with E-state index in [1.54, 1.807) is 0 Å². The summed E-state index contributed by atoms with van der Waals surface area (Å²) in [4.78, 5) is 25.5. The van der Waals surface area contributed by atoms with Gasteiger partial charge in [0.1, 0.15) is 0 Å². The topological polar surface area (TPSA) is 124 Å². The molecule has 1 aliphatic heterocycles. The number of nitrogens with one attached hydrogen (secondary N) is 5. The highest BCUT2D eigenvalue weighted by Gasteiger charge is 2.20. The molecule has 6 N–H and O–H groups in total. The zero-order chi connectivity index (χ0) is 31.7. The first kappa shape index (κ1) is 34.5. The zero-order valence-electron chi connectivity index (χ0n) is 26.1. The van der Waals surface area contributed by atoms with Crippen LogP contribution in [0.25, 0.3) is 16.8 Å².